The number of methoxy groups -OCH3 is 1. The zero-order valence-corrected chi connectivity index (χ0v) is 16.9. The maximum atomic E-state index is 12.4. The van der Waals surface area contributed by atoms with Crippen molar-refractivity contribution < 1.29 is 14.3 Å². The van der Waals surface area contributed by atoms with Gasteiger partial charge in [-0.2, -0.15) is 0 Å². The van der Waals surface area contributed by atoms with Gasteiger partial charge < -0.3 is 15.4 Å². The highest BCUT2D eigenvalue weighted by molar-refractivity contribution is 7.99. The van der Waals surface area contributed by atoms with E-state index in [0.29, 0.717) is 29.0 Å². The Labute approximate surface area is 172 Å². The normalized spacial score (nSPS) is 10.6. The first-order valence-corrected chi connectivity index (χ1v) is 9.84. The molecule has 0 bridgehead atoms. The van der Waals surface area contributed by atoms with Gasteiger partial charge in [0.2, 0.25) is 11.8 Å². The lowest BCUT2D eigenvalue weighted by atomic mass is 10.2. The molecule has 0 unspecified atom stereocenters. The van der Waals surface area contributed by atoms with Gasteiger partial charge in [0.25, 0.3) is 0 Å². The molecule has 0 atom stereocenters. The Morgan fingerprint density at radius 1 is 1.03 bits per heavy atom. The zero-order valence-electron chi connectivity index (χ0n) is 16.1. The van der Waals surface area contributed by atoms with Crippen LogP contribution in [0.1, 0.15) is 12.7 Å². The molecule has 0 saturated carbocycles. The van der Waals surface area contributed by atoms with Crippen LogP contribution in [-0.4, -0.2) is 39.4 Å². The number of nitrogens with one attached hydrogen (secondary N) is 2. The van der Waals surface area contributed by atoms with E-state index in [1.807, 2.05) is 34.9 Å². The molecule has 0 aliphatic rings. The predicted molar refractivity (Wildman–Crippen MR) is 112 cm³/mol. The summed E-state index contributed by atoms with van der Waals surface area (Å²) in [5.74, 6) is 0.453. The van der Waals surface area contributed by atoms with Crippen LogP contribution in [0, 0.1) is 0 Å². The van der Waals surface area contributed by atoms with Gasteiger partial charge in [-0.15, -0.1) is 10.2 Å². The van der Waals surface area contributed by atoms with Crippen molar-refractivity contribution in [1.29, 1.82) is 0 Å². The van der Waals surface area contributed by atoms with Gasteiger partial charge in [0.15, 0.2) is 11.0 Å². The second-order valence-corrected chi connectivity index (χ2v) is 7.04. The number of amides is 2. The number of rotatable bonds is 8. The lowest BCUT2D eigenvalue weighted by Gasteiger charge is -2.10. The molecule has 1 heterocycles. The maximum Gasteiger partial charge on any atom is 0.234 e. The van der Waals surface area contributed by atoms with Gasteiger partial charge in [-0.05, 0) is 30.3 Å². The third-order valence-electron chi connectivity index (χ3n) is 3.79. The molecule has 3 rings (SSSR count). The minimum absolute atomic E-state index is 0.155. The van der Waals surface area contributed by atoms with Crippen molar-refractivity contribution in [1.82, 2.24) is 14.8 Å². The molecule has 8 nitrogen and oxygen atoms in total. The van der Waals surface area contributed by atoms with Crippen LogP contribution in [0.15, 0.2) is 59.8 Å². The first-order valence-electron chi connectivity index (χ1n) is 8.86. The van der Waals surface area contributed by atoms with Crippen LogP contribution >= 0.6 is 11.8 Å². The molecule has 0 radical (unpaired) electrons. The first kappa shape index (κ1) is 20.6. The number of thioether (sulfide) groups is 1. The molecular formula is C20H21N5O3S. The quantitative estimate of drug-likeness (QED) is 0.553. The number of carbonyl (C=O) groups excluding carboxylic acids is 2. The second kappa shape index (κ2) is 9.85. The van der Waals surface area contributed by atoms with Crippen LogP contribution in [0.5, 0.6) is 0 Å². The van der Waals surface area contributed by atoms with Crippen LogP contribution in [0.2, 0.25) is 0 Å². The van der Waals surface area contributed by atoms with Gasteiger partial charge in [0, 0.05) is 31.1 Å². The number of hydrogen-bond donors (Lipinski definition) is 2. The summed E-state index contributed by atoms with van der Waals surface area (Å²) in [5.41, 5.74) is 2.12. The highest BCUT2D eigenvalue weighted by Gasteiger charge is 2.15. The molecule has 2 N–H and O–H groups in total. The molecule has 3 aromatic rings. The molecule has 9 heteroatoms. The summed E-state index contributed by atoms with van der Waals surface area (Å²) in [5, 5.41) is 14.5. The van der Waals surface area contributed by atoms with Crippen molar-refractivity contribution in [2.24, 2.45) is 0 Å². The maximum absolute atomic E-state index is 12.4. The Bertz CT molecular complexity index is 991. The molecule has 150 valence electrons. The summed E-state index contributed by atoms with van der Waals surface area (Å²) in [7, 11) is 1.60. The summed E-state index contributed by atoms with van der Waals surface area (Å²) >= 11 is 1.28. The minimum atomic E-state index is -0.189. The van der Waals surface area contributed by atoms with Gasteiger partial charge in [0.1, 0.15) is 6.61 Å². The SMILES string of the molecule is COCc1nnc(SCC(=O)Nc2cccc(NC(C)=O)c2)n1-c1ccccc1. The van der Waals surface area contributed by atoms with E-state index < -0.39 is 0 Å². The predicted octanol–water partition coefficient (Wildman–Crippen LogP) is 3.10. The van der Waals surface area contributed by atoms with E-state index in [-0.39, 0.29) is 17.6 Å². The standard InChI is InChI=1S/C20H21N5O3S/c1-14(26)21-15-7-6-8-16(11-15)22-19(27)13-29-20-24-23-18(12-28-2)25(20)17-9-4-3-5-10-17/h3-11H,12-13H2,1-2H3,(H,21,26)(H,22,27). The highest BCUT2D eigenvalue weighted by Crippen LogP contribution is 2.23. The van der Waals surface area contributed by atoms with E-state index in [1.165, 1.54) is 18.7 Å². The molecule has 2 aromatic carbocycles. The van der Waals surface area contributed by atoms with Crippen molar-refractivity contribution in [3.63, 3.8) is 0 Å². The monoisotopic (exact) mass is 411 g/mol. The smallest absolute Gasteiger partial charge is 0.234 e. The summed E-state index contributed by atoms with van der Waals surface area (Å²) in [4.78, 5) is 23.6. The van der Waals surface area contributed by atoms with Crippen LogP contribution in [0.4, 0.5) is 11.4 Å². The third-order valence-corrected chi connectivity index (χ3v) is 4.72. The molecule has 0 fully saturated rings. The van der Waals surface area contributed by atoms with Crippen LogP contribution in [0.3, 0.4) is 0 Å². The zero-order chi connectivity index (χ0) is 20.6. The first-order chi connectivity index (χ1) is 14.1. The number of hydrogen-bond acceptors (Lipinski definition) is 6. The Morgan fingerprint density at radius 3 is 2.45 bits per heavy atom. The topological polar surface area (TPSA) is 98.1 Å². The fourth-order valence-electron chi connectivity index (χ4n) is 2.66. The fourth-order valence-corrected chi connectivity index (χ4v) is 3.43. The van der Waals surface area contributed by atoms with E-state index in [2.05, 4.69) is 20.8 Å². The van der Waals surface area contributed by atoms with Crippen molar-refractivity contribution in [3.05, 3.63) is 60.4 Å². The van der Waals surface area contributed by atoms with E-state index in [0.717, 1.165) is 5.69 Å². The van der Waals surface area contributed by atoms with Crippen molar-refractivity contribution >= 4 is 35.0 Å². The van der Waals surface area contributed by atoms with Crippen LogP contribution in [-0.2, 0) is 20.9 Å². The minimum Gasteiger partial charge on any atom is -0.377 e. The molecule has 29 heavy (non-hydrogen) atoms. The number of benzene rings is 2. The van der Waals surface area contributed by atoms with Gasteiger partial charge in [-0.3, -0.25) is 14.2 Å². The van der Waals surface area contributed by atoms with Gasteiger partial charge in [0.05, 0.1) is 5.75 Å². The average molecular weight is 411 g/mol. The third kappa shape index (κ3) is 5.66. The lowest BCUT2D eigenvalue weighted by Crippen LogP contribution is -2.15. The fraction of sp³-hybridized carbons (Fsp3) is 0.200. The summed E-state index contributed by atoms with van der Waals surface area (Å²) in [6, 6.07) is 16.6. The summed E-state index contributed by atoms with van der Waals surface area (Å²) < 4.78 is 7.08. The Balaban J connectivity index is 1.68. The van der Waals surface area contributed by atoms with Gasteiger partial charge in [-0.1, -0.05) is 36.0 Å². The van der Waals surface area contributed by atoms with Gasteiger partial charge >= 0.3 is 0 Å². The average Bonchev–Trinajstić information content (AvgIpc) is 3.10. The molecule has 2 amide bonds. The number of carbonyl (C=O) groups is 2. The number of para-hydroxylation sites is 1. The Hall–Kier alpha value is -3.17. The van der Waals surface area contributed by atoms with Crippen LogP contribution < -0.4 is 10.6 Å². The highest BCUT2D eigenvalue weighted by atomic mass is 32.2. The summed E-state index contributed by atoms with van der Waals surface area (Å²) in [6.07, 6.45) is 0. The van der Waals surface area contributed by atoms with Crippen LogP contribution in [0.25, 0.3) is 5.69 Å². The number of anilines is 2. The molecule has 0 saturated heterocycles. The van der Waals surface area contributed by atoms with Crippen molar-refractivity contribution in [2.45, 2.75) is 18.7 Å². The molecule has 0 aliphatic carbocycles. The summed E-state index contributed by atoms with van der Waals surface area (Å²) in [6.45, 7) is 1.74. The van der Waals surface area contributed by atoms with Gasteiger partial charge in [-0.25, -0.2) is 0 Å². The number of nitrogens with zero attached hydrogens (tertiary/aromatic N) is 3. The largest absolute Gasteiger partial charge is 0.377 e. The molecule has 0 aliphatic heterocycles. The lowest BCUT2D eigenvalue weighted by molar-refractivity contribution is -0.114. The molecular weight excluding hydrogens is 390 g/mol. The Kier molecular flexibility index (Phi) is 6.99. The van der Waals surface area contributed by atoms with E-state index in [1.54, 1.807) is 31.4 Å². The van der Waals surface area contributed by atoms with E-state index in [9.17, 15) is 9.59 Å². The molecule has 1 aromatic heterocycles. The number of ether oxygens (including phenoxy) is 1. The Morgan fingerprint density at radius 2 is 1.76 bits per heavy atom. The molecule has 0 spiro atoms. The van der Waals surface area contributed by atoms with E-state index >= 15 is 0 Å². The number of aromatic nitrogens is 3. The van der Waals surface area contributed by atoms with Crippen molar-refractivity contribution in [2.75, 3.05) is 23.5 Å². The van der Waals surface area contributed by atoms with Crippen molar-refractivity contribution in [3.8, 4) is 5.69 Å². The van der Waals surface area contributed by atoms with E-state index in [4.69, 9.17) is 4.74 Å². The second-order valence-electron chi connectivity index (χ2n) is 6.10.